The molecule has 1 atom stereocenters. The number of nitrogens with one attached hydrogen (secondary N) is 1. The van der Waals surface area contributed by atoms with Gasteiger partial charge >= 0.3 is 5.97 Å². The summed E-state index contributed by atoms with van der Waals surface area (Å²) in [6.45, 7) is 0. The average Bonchev–Trinajstić information content (AvgIpc) is 3.46. The molecule has 0 fully saturated rings. The zero-order valence-electron chi connectivity index (χ0n) is 19.0. The maximum atomic E-state index is 12.7. The van der Waals surface area contributed by atoms with Crippen LogP contribution in [-0.4, -0.2) is 46.0 Å². The van der Waals surface area contributed by atoms with Gasteiger partial charge in [-0.05, 0) is 22.4 Å². The minimum Gasteiger partial charge on any atom is -0.504 e. The van der Waals surface area contributed by atoms with E-state index in [1.165, 1.54) is 12.1 Å². The first-order valence-electron chi connectivity index (χ1n) is 11.7. The highest BCUT2D eigenvalue weighted by Gasteiger charge is 2.36. The number of phenolic OH excluding ortho intramolecular Hbond substituents is 4. The Morgan fingerprint density at radius 2 is 1.53 bits per heavy atom. The van der Waals surface area contributed by atoms with E-state index in [-0.39, 0.29) is 27.8 Å². The number of fused-ring (bicyclic) bond motifs is 3. The van der Waals surface area contributed by atoms with E-state index in [4.69, 9.17) is 0 Å². The molecule has 1 aliphatic heterocycles. The van der Waals surface area contributed by atoms with Gasteiger partial charge in [0.25, 0.3) is 0 Å². The van der Waals surface area contributed by atoms with Crippen molar-refractivity contribution in [3.8, 4) is 28.9 Å². The highest BCUT2D eigenvalue weighted by molar-refractivity contribution is 7.26. The lowest BCUT2D eigenvalue weighted by Gasteiger charge is -2.28. The topological polar surface area (TPSA) is 159 Å². The smallest absolute Gasteiger partial charge is 0.315 e. The monoisotopic (exact) mass is 522 g/mol. The Bertz CT molecular complexity index is 2450. The van der Waals surface area contributed by atoms with Gasteiger partial charge in [-0.3, -0.25) is 4.79 Å². The second-order valence-corrected chi connectivity index (χ2v) is 10.9. The van der Waals surface area contributed by atoms with Gasteiger partial charge in [0.15, 0.2) is 28.9 Å². The minimum atomic E-state index is -1.10. The van der Waals surface area contributed by atoms with Gasteiger partial charge < -0.3 is 40.0 Å². The average molecular weight is 522 g/mol. The second-order valence-electron chi connectivity index (χ2n) is 9.88. The highest BCUT2D eigenvalue weighted by Crippen LogP contribution is 2.57. The minimum absolute atomic E-state index is 0.184. The molecule has 0 bridgehead atoms. The Morgan fingerprint density at radius 3 is 2.32 bits per heavy atom. The number of carbonyl (C=O) groups is 1. The van der Waals surface area contributed by atoms with Gasteiger partial charge in [0.05, 0.1) is 36.9 Å². The van der Waals surface area contributed by atoms with E-state index in [2.05, 4.69) is 4.98 Å². The molecular formula is C28H14N2O7S. The summed E-state index contributed by atoms with van der Waals surface area (Å²) < 4.78 is 2.70. The summed E-state index contributed by atoms with van der Waals surface area (Å²) in [6, 6.07) is 10.1. The van der Waals surface area contributed by atoms with Gasteiger partial charge in [0.2, 0.25) is 0 Å². The molecule has 5 aromatic carbocycles. The highest BCUT2D eigenvalue weighted by atomic mass is 32.1. The van der Waals surface area contributed by atoms with Crippen molar-refractivity contribution in [3.63, 3.8) is 0 Å². The number of pyridine rings is 1. The molecule has 0 spiro atoms. The first kappa shape index (κ1) is 20.0. The number of H-pyrrole nitrogens is 1. The predicted octanol–water partition coefficient (Wildman–Crippen LogP) is 5.74. The first-order valence-corrected chi connectivity index (χ1v) is 12.5. The number of nitrogens with zero attached hydrogens (tertiary/aromatic N) is 1. The van der Waals surface area contributed by atoms with Crippen molar-refractivity contribution in [2.24, 2.45) is 0 Å². The van der Waals surface area contributed by atoms with Gasteiger partial charge in [-0.15, -0.1) is 11.3 Å². The third-order valence-corrected chi connectivity index (χ3v) is 9.33. The van der Waals surface area contributed by atoms with Crippen LogP contribution in [0.15, 0.2) is 36.4 Å². The van der Waals surface area contributed by atoms with Crippen molar-refractivity contribution in [1.29, 1.82) is 0 Å². The SMILES string of the molecule is O=C(O)C1c2cc(O)c(O)c3sc4c5c(O)[nH]c6cc(O)c(O)c(c65)c5c6ccc7ccc1c(c76)n(c23)c45. The summed E-state index contributed by atoms with van der Waals surface area (Å²) in [6.07, 6.45) is 0. The molecule has 9 nitrogen and oxygen atoms in total. The van der Waals surface area contributed by atoms with Crippen LogP contribution in [0.25, 0.3) is 69.2 Å². The lowest BCUT2D eigenvalue weighted by Crippen LogP contribution is -2.19. The van der Waals surface area contributed by atoms with Crippen molar-refractivity contribution in [2.45, 2.75) is 5.92 Å². The Labute approximate surface area is 213 Å². The van der Waals surface area contributed by atoms with Crippen LogP contribution in [-0.2, 0) is 4.79 Å². The van der Waals surface area contributed by atoms with Crippen LogP contribution in [0, 0.1) is 0 Å². The van der Waals surface area contributed by atoms with E-state index in [1.807, 2.05) is 22.6 Å². The van der Waals surface area contributed by atoms with Crippen molar-refractivity contribution in [3.05, 3.63) is 47.5 Å². The molecule has 0 amide bonds. The van der Waals surface area contributed by atoms with Crippen LogP contribution in [0.2, 0.25) is 0 Å². The lowest BCUT2D eigenvalue weighted by molar-refractivity contribution is -0.137. The summed E-state index contributed by atoms with van der Waals surface area (Å²) in [5.41, 5.74) is 2.91. The van der Waals surface area contributed by atoms with E-state index in [1.54, 1.807) is 6.07 Å². The number of carboxylic acid groups (broad SMARTS) is 1. The Kier molecular flexibility index (Phi) is 3.11. The van der Waals surface area contributed by atoms with Crippen LogP contribution >= 0.6 is 11.3 Å². The number of aromatic nitrogens is 2. The second kappa shape index (κ2) is 5.90. The number of hydrogen-bond acceptors (Lipinski definition) is 7. The number of benzene rings is 4. The van der Waals surface area contributed by atoms with Gasteiger partial charge in [0, 0.05) is 33.2 Å². The number of carboxylic acids is 1. The summed E-state index contributed by atoms with van der Waals surface area (Å²) in [5.74, 6) is -3.89. The van der Waals surface area contributed by atoms with E-state index in [9.17, 15) is 35.4 Å². The van der Waals surface area contributed by atoms with Crippen molar-refractivity contribution in [2.75, 3.05) is 0 Å². The zero-order valence-corrected chi connectivity index (χ0v) is 19.8. The molecule has 7 N–H and O–H groups in total. The van der Waals surface area contributed by atoms with Gasteiger partial charge in [-0.25, -0.2) is 0 Å². The number of rotatable bonds is 1. The molecule has 0 saturated carbocycles. The van der Waals surface area contributed by atoms with E-state index >= 15 is 0 Å². The molecule has 8 aromatic rings. The van der Waals surface area contributed by atoms with Crippen molar-refractivity contribution in [1.82, 2.24) is 9.38 Å². The van der Waals surface area contributed by atoms with Gasteiger partial charge in [-0.2, -0.15) is 0 Å². The molecule has 1 unspecified atom stereocenters. The molecular weight excluding hydrogens is 508 g/mol. The van der Waals surface area contributed by atoms with E-state index in [0.717, 1.165) is 27.5 Å². The molecule has 0 saturated heterocycles. The normalized spacial score (nSPS) is 15.3. The maximum absolute atomic E-state index is 12.7. The number of aliphatic carboxylic acids is 1. The zero-order chi connectivity index (χ0) is 25.9. The third kappa shape index (κ3) is 1.89. The van der Waals surface area contributed by atoms with E-state index in [0.29, 0.717) is 59.4 Å². The Hall–Kier alpha value is -5.09. The fourth-order valence-electron chi connectivity index (χ4n) is 6.76. The van der Waals surface area contributed by atoms with Crippen LogP contribution in [0.1, 0.15) is 17.0 Å². The van der Waals surface area contributed by atoms with Crippen molar-refractivity contribution < 1.29 is 35.4 Å². The van der Waals surface area contributed by atoms with Crippen LogP contribution in [0.3, 0.4) is 0 Å². The Balaban J connectivity index is 1.79. The van der Waals surface area contributed by atoms with Gasteiger partial charge in [0.1, 0.15) is 5.92 Å². The molecule has 0 aliphatic carbocycles. The fourth-order valence-corrected chi connectivity index (χ4v) is 8.06. The molecule has 0 radical (unpaired) electrons. The summed E-state index contributed by atoms with van der Waals surface area (Å²) in [5, 5.41) is 69.2. The molecule has 1 aliphatic rings. The molecule has 3 aromatic heterocycles. The largest absolute Gasteiger partial charge is 0.504 e. The molecule has 184 valence electrons. The summed E-state index contributed by atoms with van der Waals surface area (Å²) in [4.78, 5) is 15.6. The third-order valence-electron chi connectivity index (χ3n) is 8.14. The predicted molar refractivity (Wildman–Crippen MR) is 144 cm³/mol. The molecule has 38 heavy (non-hydrogen) atoms. The van der Waals surface area contributed by atoms with Crippen LogP contribution in [0.4, 0.5) is 0 Å². The van der Waals surface area contributed by atoms with Crippen molar-refractivity contribution >= 4 is 86.5 Å². The van der Waals surface area contributed by atoms with Gasteiger partial charge in [-0.1, -0.05) is 24.3 Å². The number of phenols is 4. The quantitative estimate of drug-likeness (QED) is 0.0822. The van der Waals surface area contributed by atoms with Crippen LogP contribution in [0.5, 0.6) is 28.9 Å². The maximum Gasteiger partial charge on any atom is 0.315 e. The molecule has 10 heteroatoms. The number of hydrogen-bond donors (Lipinski definition) is 7. The first-order chi connectivity index (χ1) is 18.3. The number of aromatic amines is 1. The standard InChI is InChI=1S/C28H14N2O7S/c31-12-5-10-15(28(36)37)9-4-2-7-1-3-8-14(7)20(9)30-21(10)26(24(12)34)38-25-19-17-11(29-27(19)35)6-13(32)23(33)18(17)16(8)22(25)30/h1-6,15,29,31-35H,(H,36,37). The Morgan fingerprint density at radius 1 is 0.763 bits per heavy atom. The molecule has 9 rings (SSSR count). The summed E-state index contributed by atoms with van der Waals surface area (Å²) >= 11 is 1.12. The summed E-state index contributed by atoms with van der Waals surface area (Å²) in [7, 11) is 0. The van der Waals surface area contributed by atoms with Crippen LogP contribution < -0.4 is 0 Å². The lowest BCUT2D eigenvalue weighted by atomic mass is 9.84. The fraction of sp³-hybridized carbons (Fsp3) is 0.0357. The number of aromatic hydroxyl groups is 5. The molecule has 4 heterocycles. The van der Waals surface area contributed by atoms with E-state index < -0.39 is 17.6 Å².